The molecule has 0 saturated carbocycles. The lowest BCUT2D eigenvalue weighted by Crippen LogP contribution is -2.13. The van der Waals surface area contributed by atoms with Crippen molar-refractivity contribution >= 4 is 10.9 Å². The highest BCUT2D eigenvalue weighted by atomic mass is 16.6. The largest absolute Gasteiger partial charge is 0.340 e. The van der Waals surface area contributed by atoms with Crippen LogP contribution in [0.2, 0.25) is 0 Å². The number of pyridine rings is 2. The number of nitriles is 1. The molecule has 0 bridgehead atoms. The molecule has 1 aliphatic rings. The summed E-state index contributed by atoms with van der Waals surface area (Å²) in [5.74, 6) is 0.390. The number of aromatic amines is 1. The average Bonchev–Trinajstić information content (AvgIpc) is 3.55. The summed E-state index contributed by atoms with van der Waals surface area (Å²) in [6.45, 7) is 4.36. The molecule has 0 aliphatic carbocycles. The topological polar surface area (TPSA) is 82.1 Å². The van der Waals surface area contributed by atoms with E-state index in [0.29, 0.717) is 11.5 Å². The molecule has 0 amide bonds. The number of rotatable bonds is 4. The van der Waals surface area contributed by atoms with Gasteiger partial charge in [0.05, 0.1) is 5.52 Å². The van der Waals surface area contributed by atoms with Crippen LogP contribution >= 0.6 is 0 Å². The molecule has 5 rings (SSSR count). The van der Waals surface area contributed by atoms with Gasteiger partial charge in [0, 0.05) is 35.0 Å². The molecule has 1 saturated heterocycles. The first kappa shape index (κ1) is 19.2. The Hall–Kier alpha value is -3.75. The van der Waals surface area contributed by atoms with Crippen molar-refractivity contribution in [2.75, 3.05) is 0 Å². The monoisotopic (exact) mass is 407 g/mol. The van der Waals surface area contributed by atoms with Gasteiger partial charge in [-0.05, 0) is 52.9 Å². The standard InChI is InChI=1S/C26H21N3O2/c1-16(2)20-12-18-7-4-9-29-24(18)22(13-20)17-5-3-6-19(11-17)25-26(15-27,31-25)21-8-10-28-23(30)14-21/h3-14,16,25H,1-2H3,(H,28,30). The van der Waals surface area contributed by atoms with E-state index in [9.17, 15) is 10.1 Å². The quantitative estimate of drug-likeness (QED) is 0.471. The fourth-order valence-electron chi connectivity index (χ4n) is 4.14. The fraction of sp³-hybridized carbons (Fsp3) is 0.192. The minimum Gasteiger partial charge on any atom is -0.340 e. The zero-order valence-corrected chi connectivity index (χ0v) is 17.3. The van der Waals surface area contributed by atoms with E-state index in [4.69, 9.17) is 4.74 Å². The summed E-state index contributed by atoms with van der Waals surface area (Å²) in [7, 11) is 0. The predicted octanol–water partition coefficient (Wildman–Crippen LogP) is 5.20. The third kappa shape index (κ3) is 3.22. The van der Waals surface area contributed by atoms with Crippen LogP contribution in [0.4, 0.5) is 0 Å². The number of H-pyrrole nitrogens is 1. The number of nitrogens with zero attached hydrogens (tertiary/aromatic N) is 2. The lowest BCUT2D eigenvalue weighted by atomic mass is 9.90. The van der Waals surface area contributed by atoms with Gasteiger partial charge in [0.1, 0.15) is 12.2 Å². The first-order valence-electron chi connectivity index (χ1n) is 10.3. The number of ether oxygens (including phenoxy) is 1. The van der Waals surface area contributed by atoms with Crippen molar-refractivity contribution in [2.45, 2.75) is 31.5 Å². The van der Waals surface area contributed by atoms with Gasteiger partial charge in [0.25, 0.3) is 0 Å². The molecule has 4 aromatic rings. The van der Waals surface area contributed by atoms with Crippen molar-refractivity contribution in [1.29, 1.82) is 5.26 Å². The zero-order valence-electron chi connectivity index (χ0n) is 17.3. The molecular formula is C26H21N3O2. The van der Waals surface area contributed by atoms with Crippen molar-refractivity contribution in [3.05, 3.63) is 100 Å². The number of epoxide rings is 1. The summed E-state index contributed by atoms with van der Waals surface area (Å²) in [6, 6.07) is 21.9. The SMILES string of the molecule is CC(C)c1cc(-c2cccc(C3OC3(C#N)c3cc[nH]c(=O)c3)c2)c2ncccc2c1. The number of hydrogen-bond donors (Lipinski definition) is 1. The lowest BCUT2D eigenvalue weighted by Gasteiger charge is -2.13. The van der Waals surface area contributed by atoms with E-state index in [1.165, 1.54) is 11.6 Å². The van der Waals surface area contributed by atoms with E-state index in [-0.39, 0.29) is 5.56 Å². The van der Waals surface area contributed by atoms with Crippen LogP contribution in [-0.4, -0.2) is 9.97 Å². The van der Waals surface area contributed by atoms with Gasteiger partial charge < -0.3 is 9.72 Å². The Labute approximate surface area is 180 Å². The highest BCUT2D eigenvalue weighted by molar-refractivity contribution is 5.94. The van der Waals surface area contributed by atoms with Gasteiger partial charge in [-0.25, -0.2) is 0 Å². The highest BCUT2D eigenvalue weighted by Gasteiger charge is 2.59. The second-order valence-corrected chi connectivity index (χ2v) is 8.21. The normalized spacial score (nSPS) is 20.0. The Morgan fingerprint density at radius 3 is 2.77 bits per heavy atom. The van der Waals surface area contributed by atoms with Gasteiger partial charge in [0.2, 0.25) is 11.2 Å². The summed E-state index contributed by atoms with van der Waals surface area (Å²) in [4.78, 5) is 19.0. The molecule has 5 heteroatoms. The molecule has 1 aliphatic heterocycles. The van der Waals surface area contributed by atoms with Crippen molar-refractivity contribution in [2.24, 2.45) is 0 Å². The van der Waals surface area contributed by atoms with Crippen LogP contribution in [-0.2, 0) is 10.3 Å². The van der Waals surface area contributed by atoms with Gasteiger partial charge in [-0.15, -0.1) is 0 Å². The molecular weight excluding hydrogens is 386 g/mol. The summed E-state index contributed by atoms with van der Waals surface area (Å²) < 4.78 is 5.89. The Balaban J connectivity index is 1.60. The van der Waals surface area contributed by atoms with Crippen LogP contribution in [0.15, 0.2) is 77.9 Å². The first-order chi connectivity index (χ1) is 15.0. The lowest BCUT2D eigenvalue weighted by molar-refractivity contribution is 0.340. The maximum Gasteiger partial charge on any atom is 0.248 e. The summed E-state index contributed by atoms with van der Waals surface area (Å²) in [6.07, 6.45) is 2.93. The Morgan fingerprint density at radius 2 is 2.00 bits per heavy atom. The van der Waals surface area contributed by atoms with Crippen LogP contribution < -0.4 is 5.56 Å². The Morgan fingerprint density at radius 1 is 1.13 bits per heavy atom. The van der Waals surface area contributed by atoms with Gasteiger partial charge in [-0.1, -0.05) is 38.1 Å². The number of benzene rings is 2. The Kier molecular flexibility index (Phi) is 4.46. The Bertz CT molecular complexity index is 1400. The van der Waals surface area contributed by atoms with E-state index in [2.05, 4.69) is 60.2 Å². The molecule has 2 aromatic heterocycles. The van der Waals surface area contributed by atoms with Gasteiger partial charge in [-0.2, -0.15) is 5.26 Å². The number of fused-ring (bicyclic) bond motifs is 1. The summed E-state index contributed by atoms with van der Waals surface area (Å²) in [5, 5.41) is 11.0. The van der Waals surface area contributed by atoms with Crippen LogP contribution in [0.25, 0.3) is 22.0 Å². The highest BCUT2D eigenvalue weighted by Crippen LogP contribution is 2.56. The van der Waals surface area contributed by atoms with Crippen LogP contribution in [0.1, 0.15) is 42.6 Å². The molecule has 1 N–H and O–H groups in total. The van der Waals surface area contributed by atoms with Crippen LogP contribution in [0.5, 0.6) is 0 Å². The molecule has 2 atom stereocenters. The van der Waals surface area contributed by atoms with Crippen molar-refractivity contribution in [1.82, 2.24) is 9.97 Å². The van der Waals surface area contributed by atoms with E-state index < -0.39 is 11.7 Å². The van der Waals surface area contributed by atoms with Gasteiger partial charge >= 0.3 is 0 Å². The first-order valence-corrected chi connectivity index (χ1v) is 10.3. The van der Waals surface area contributed by atoms with Crippen molar-refractivity contribution in [3.8, 4) is 17.2 Å². The molecule has 2 aromatic carbocycles. The van der Waals surface area contributed by atoms with E-state index in [0.717, 1.165) is 27.6 Å². The maximum absolute atomic E-state index is 11.7. The molecule has 3 heterocycles. The van der Waals surface area contributed by atoms with Gasteiger partial charge in [0.15, 0.2) is 0 Å². The zero-order chi connectivity index (χ0) is 21.6. The molecule has 31 heavy (non-hydrogen) atoms. The van der Waals surface area contributed by atoms with E-state index >= 15 is 0 Å². The second kappa shape index (κ2) is 7.19. The van der Waals surface area contributed by atoms with E-state index in [1.54, 1.807) is 12.3 Å². The second-order valence-electron chi connectivity index (χ2n) is 8.21. The number of hydrogen-bond acceptors (Lipinski definition) is 4. The molecule has 0 radical (unpaired) electrons. The number of nitrogens with one attached hydrogen (secondary N) is 1. The molecule has 1 fully saturated rings. The average molecular weight is 407 g/mol. The minimum absolute atomic E-state index is 0.252. The third-order valence-electron chi connectivity index (χ3n) is 5.88. The van der Waals surface area contributed by atoms with Gasteiger partial charge in [-0.3, -0.25) is 9.78 Å². The molecule has 152 valence electrons. The fourth-order valence-corrected chi connectivity index (χ4v) is 4.14. The predicted molar refractivity (Wildman–Crippen MR) is 119 cm³/mol. The summed E-state index contributed by atoms with van der Waals surface area (Å²) >= 11 is 0. The van der Waals surface area contributed by atoms with Crippen molar-refractivity contribution < 1.29 is 4.74 Å². The minimum atomic E-state index is -1.13. The number of aromatic nitrogens is 2. The molecule has 2 unspecified atom stereocenters. The third-order valence-corrected chi connectivity index (χ3v) is 5.88. The van der Waals surface area contributed by atoms with E-state index in [1.807, 2.05) is 24.4 Å². The molecule has 5 nitrogen and oxygen atoms in total. The van der Waals surface area contributed by atoms with Crippen LogP contribution in [0.3, 0.4) is 0 Å². The maximum atomic E-state index is 11.7. The van der Waals surface area contributed by atoms with Crippen LogP contribution in [0, 0.1) is 11.3 Å². The smallest absolute Gasteiger partial charge is 0.248 e. The summed E-state index contributed by atoms with van der Waals surface area (Å²) in [5.41, 5.74) is 4.37. The molecule has 0 spiro atoms. The van der Waals surface area contributed by atoms with Crippen molar-refractivity contribution in [3.63, 3.8) is 0 Å².